The highest BCUT2D eigenvalue weighted by atomic mass is 35.5. The van der Waals surface area contributed by atoms with E-state index in [0.29, 0.717) is 10.8 Å². The Morgan fingerprint density at radius 2 is 2.30 bits per heavy atom. The van der Waals surface area contributed by atoms with Gasteiger partial charge in [0.2, 0.25) is 5.91 Å². The van der Waals surface area contributed by atoms with Gasteiger partial charge in [0.1, 0.15) is 5.01 Å². The maximum absolute atomic E-state index is 11.9. The van der Waals surface area contributed by atoms with Crippen LogP contribution in [0, 0.1) is 6.92 Å². The van der Waals surface area contributed by atoms with Crippen LogP contribution in [0.3, 0.4) is 0 Å². The molecule has 106 valence electrons. The smallest absolute Gasteiger partial charge is 0.230 e. The van der Waals surface area contributed by atoms with Crippen molar-refractivity contribution in [2.75, 3.05) is 5.75 Å². The van der Waals surface area contributed by atoms with Crippen LogP contribution in [0.5, 0.6) is 0 Å². The predicted molar refractivity (Wildman–Crippen MR) is 83.4 cm³/mol. The van der Waals surface area contributed by atoms with Gasteiger partial charge in [-0.05, 0) is 31.5 Å². The Bertz CT molecular complexity index is 603. The van der Waals surface area contributed by atoms with Crippen LogP contribution in [0.4, 0.5) is 0 Å². The second kappa shape index (κ2) is 7.06. The molecule has 4 nitrogen and oxygen atoms in total. The quantitative estimate of drug-likeness (QED) is 0.854. The molecule has 0 aliphatic rings. The van der Waals surface area contributed by atoms with E-state index < -0.39 is 0 Å². The number of hydrogen-bond donors (Lipinski definition) is 1. The number of aromatic nitrogens is 2. The van der Waals surface area contributed by atoms with Crippen LogP contribution in [-0.2, 0) is 4.79 Å². The lowest BCUT2D eigenvalue weighted by molar-refractivity contribution is -0.119. The summed E-state index contributed by atoms with van der Waals surface area (Å²) < 4.78 is 0.813. The average molecular weight is 328 g/mol. The minimum atomic E-state index is -0.0713. The van der Waals surface area contributed by atoms with Crippen LogP contribution in [0.2, 0.25) is 5.02 Å². The summed E-state index contributed by atoms with van der Waals surface area (Å²) in [6, 6.07) is 7.41. The first-order chi connectivity index (χ1) is 9.54. The molecule has 0 aliphatic heterocycles. The number of nitrogens with zero attached hydrogens (tertiary/aromatic N) is 2. The number of thioether (sulfide) groups is 1. The van der Waals surface area contributed by atoms with E-state index in [2.05, 4.69) is 15.5 Å². The molecule has 2 aromatic rings. The van der Waals surface area contributed by atoms with Crippen molar-refractivity contribution >= 4 is 40.6 Å². The van der Waals surface area contributed by atoms with Gasteiger partial charge in [-0.15, -0.1) is 10.2 Å². The van der Waals surface area contributed by atoms with Gasteiger partial charge in [0.05, 0.1) is 11.8 Å². The van der Waals surface area contributed by atoms with E-state index in [1.165, 1.54) is 23.1 Å². The molecule has 0 saturated heterocycles. The third-order valence-corrected chi connectivity index (χ3v) is 4.77. The number of amides is 1. The number of benzene rings is 1. The minimum Gasteiger partial charge on any atom is -0.349 e. The fraction of sp³-hybridized carbons (Fsp3) is 0.308. The lowest BCUT2D eigenvalue weighted by Crippen LogP contribution is -2.28. The zero-order chi connectivity index (χ0) is 14.5. The Kier molecular flexibility index (Phi) is 5.39. The van der Waals surface area contributed by atoms with Gasteiger partial charge in [0.25, 0.3) is 0 Å². The molecule has 1 aromatic carbocycles. The topological polar surface area (TPSA) is 54.9 Å². The number of rotatable bonds is 5. The molecule has 0 aliphatic carbocycles. The molecule has 1 N–H and O–H groups in total. The highest BCUT2D eigenvalue weighted by molar-refractivity contribution is 8.01. The second-order valence-electron chi connectivity index (χ2n) is 4.22. The van der Waals surface area contributed by atoms with E-state index in [9.17, 15) is 4.79 Å². The van der Waals surface area contributed by atoms with Crippen molar-refractivity contribution < 1.29 is 4.79 Å². The molecule has 1 atom stereocenters. The standard InChI is InChI=1S/C13H14ClN3OS2/c1-8(10-4-3-5-11(14)6-10)15-12(18)7-19-13-17-16-9(2)20-13/h3-6,8H,7H2,1-2H3,(H,15,18)/t8-/m0/s1. The van der Waals surface area contributed by atoms with Crippen molar-refractivity contribution in [2.24, 2.45) is 0 Å². The summed E-state index contributed by atoms with van der Waals surface area (Å²) in [5.41, 5.74) is 0.989. The van der Waals surface area contributed by atoms with Gasteiger partial charge in [-0.2, -0.15) is 0 Å². The molecule has 0 spiro atoms. The van der Waals surface area contributed by atoms with Crippen LogP contribution in [0.15, 0.2) is 28.6 Å². The first-order valence-electron chi connectivity index (χ1n) is 6.02. The molecule has 0 unspecified atom stereocenters. The van der Waals surface area contributed by atoms with Crippen molar-refractivity contribution in [1.82, 2.24) is 15.5 Å². The van der Waals surface area contributed by atoms with Crippen molar-refractivity contribution in [2.45, 2.75) is 24.2 Å². The van der Waals surface area contributed by atoms with E-state index in [1.54, 1.807) is 0 Å². The largest absolute Gasteiger partial charge is 0.349 e. The first-order valence-corrected chi connectivity index (χ1v) is 8.20. The fourth-order valence-electron chi connectivity index (χ4n) is 1.61. The minimum absolute atomic E-state index is 0.0321. The maximum atomic E-state index is 11.9. The Hall–Kier alpha value is -1.11. The second-order valence-corrected chi connectivity index (χ2v) is 7.06. The van der Waals surface area contributed by atoms with E-state index in [4.69, 9.17) is 11.6 Å². The summed E-state index contributed by atoms with van der Waals surface area (Å²) in [6.07, 6.45) is 0. The van der Waals surface area contributed by atoms with Crippen LogP contribution < -0.4 is 5.32 Å². The van der Waals surface area contributed by atoms with Gasteiger partial charge in [-0.25, -0.2) is 0 Å². The van der Waals surface area contributed by atoms with Crippen molar-refractivity contribution in [3.8, 4) is 0 Å². The zero-order valence-electron chi connectivity index (χ0n) is 11.1. The summed E-state index contributed by atoms with van der Waals surface area (Å²) in [4.78, 5) is 11.9. The van der Waals surface area contributed by atoms with Gasteiger partial charge < -0.3 is 5.32 Å². The predicted octanol–water partition coefficient (Wildman–Crippen LogP) is 3.47. The van der Waals surface area contributed by atoms with Gasteiger partial charge in [-0.3, -0.25) is 4.79 Å². The third-order valence-electron chi connectivity index (χ3n) is 2.56. The number of halogens is 1. The van der Waals surface area contributed by atoms with Crippen LogP contribution >= 0.6 is 34.7 Å². The molecule has 1 heterocycles. The molecule has 1 aromatic heterocycles. The third kappa shape index (κ3) is 4.47. The van der Waals surface area contributed by atoms with Crippen LogP contribution in [0.1, 0.15) is 23.5 Å². The van der Waals surface area contributed by atoms with E-state index in [-0.39, 0.29) is 11.9 Å². The molecule has 0 saturated carbocycles. The van der Waals surface area contributed by atoms with Gasteiger partial charge in [0, 0.05) is 5.02 Å². The molecule has 2 rings (SSSR count). The molecular formula is C13H14ClN3OS2. The summed E-state index contributed by atoms with van der Waals surface area (Å²) >= 11 is 8.83. The number of hydrogen-bond acceptors (Lipinski definition) is 5. The van der Waals surface area contributed by atoms with Gasteiger partial charge in [0.15, 0.2) is 4.34 Å². The number of carbonyl (C=O) groups is 1. The van der Waals surface area contributed by atoms with E-state index >= 15 is 0 Å². The van der Waals surface area contributed by atoms with Gasteiger partial charge >= 0.3 is 0 Å². The lowest BCUT2D eigenvalue weighted by atomic mass is 10.1. The van der Waals surface area contributed by atoms with Crippen LogP contribution in [0.25, 0.3) is 0 Å². The molecule has 0 bridgehead atoms. The summed E-state index contributed by atoms with van der Waals surface area (Å²) in [6.45, 7) is 3.83. The van der Waals surface area contributed by atoms with E-state index in [0.717, 1.165) is 14.9 Å². The van der Waals surface area contributed by atoms with Crippen molar-refractivity contribution in [3.05, 3.63) is 39.9 Å². The Balaban J connectivity index is 1.85. The highest BCUT2D eigenvalue weighted by Crippen LogP contribution is 2.22. The fourth-order valence-corrected chi connectivity index (χ4v) is 3.43. The first kappa shape index (κ1) is 15.3. The normalized spacial score (nSPS) is 12.2. The summed E-state index contributed by atoms with van der Waals surface area (Å²) in [5.74, 6) is 0.301. The highest BCUT2D eigenvalue weighted by Gasteiger charge is 2.11. The Labute approximate surface area is 130 Å². The maximum Gasteiger partial charge on any atom is 0.230 e. The molecular weight excluding hydrogens is 314 g/mol. The molecule has 7 heteroatoms. The number of aryl methyl sites for hydroxylation is 1. The molecule has 0 radical (unpaired) electrons. The van der Waals surface area contributed by atoms with E-state index in [1.807, 2.05) is 38.1 Å². The number of carbonyl (C=O) groups excluding carboxylic acids is 1. The van der Waals surface area contributed by atoms with Crippen LogP contribution in [-0.4, -0.2) is 21.9 Å². The lowest BCUT2D eigenvalue weighted by Gasteiger charge is -2.14. The Morgan fingerprint density at radius 3 is 2.95 bits per heavy atom. The molecule has 1 amide bonds. The molecule has 20 heavy (non-hydrogen) atoms. The van der Waals surface area contributed by atoms with Gasteiger partial charge in [-0.1, -0.05) is 46.8 Å². The average Bonchev–Trinajstić information content (AvgIpc) is 2.82. The molecule has 0 fully saturated rings. The number of nitrogens with one attached hydrogen (secondary N) is 1. The zero-order valence-corrected chi connectivity index (χ0v) is 13.5. The van der Waals surface area contributed by atoms with Crippen molar-refractivity contribution in [3.63, 3.8) is 0 Å². The summed E-state index contributed by atoms with van der Waals surface area (Å²) in [5, 5.41) is 12.4. The SMILES string of the molecule is Cc1nnc(SCC(=O)N[C@@H](C)c2cccc(Cl)c2)s1. The van der Waals surface area contributed by atoms with Crippen molar-refractivity contribution in [1.29, 1.82) is 0 Å². The summed E-state index contributed by atoms with van der Waals surface area (Å²) in [7, 11) is 0. The monoisotopic (exact) mass is 327 g/mol. The Morgan fingerprint density at radius 1 is 1.50 bits per heavy atom.